The third-order valence-electron chi connectivity index (χ3n) is 5.08. The Bertz CT molecular complexity index is 702. The summed E-state index contributed by atoms with van der Waals surface area (Å²) in [6.07, 6.45) is 0. The summed E-state index contributed by atoms with van der Waals surface area (Å²) in [5, 5.41) is 0. The van der Waals surface area contributed by atoms with E-state index in [2.05, 4.69) is 29.2 Å². The standard InChI is InChI=1S/C21H27N3O/c1-21(2,18-8-10-19(22)11-9-18)20(25)24-14-12-23(13-15-24)16-17-6-4-3-5-7-17/h3-11H,12-16,22H2,1-2H3. The number of nitrogens with zero attached hydrogens (tertiary/aromatic N) is 2. The van der Waals surface area contributed by atoms with Gasteiger partial charge in [-0.25, -0.2) is 0 Å². The van der Waals surface area contributed by atoms with E-state index in [1.807, 2.05) is 49.1 Å². The van der Waals surface area contributed by atoms with Crippen molar-refractivity contribution in [1.82, 2.24) is 9.80 Å². The number of benzene rings is 2. The molecular formula is C21H27N3O. The molecule has 0 unspecified atom stereocenters. The van der Waals surface area contributed by atoms with Crippen molar-refractivity contribution in [2.75, 3.05) is 31.9 Å². The van der Waals surface area contributed by atoms with Crippen LogP contribution in [-0.2, 0) is 16.8 Å². The normalized spacial score (nSPS) is 16.0. The summed E-state index contributed by atoms with van der Waals surface area (Å²) in [5.74, 6) is 0.191. The van der Waals surface area contributed by atoms with Gasteiger partial charge < -0.3 is 10.6 Å². The van der Waals surface area contributed by atoms with Crippen LogP contribution in [0.5, 0.6) is 0 Å². The number of carbonyl (C=O) groups excluding carboxylic acids is 1. The van der Waals surface area contributed by atoms with Crippen molar-refractivity contribution in [2.24, 2.45) is 0 Å². The van der Waals surface area contributed by atoms with Crippen molar-refractivity contribution in [2.45, 2.75) is 25.8 Å². The van der Waals surface area contributed by atoms with Gasteiger partial charge in [0, 0.05) is 38.4 Å². The first kappa shape index (κ1) is 17.5. The van der Waals surface area contributed by atoms with Crippen LogP contribution < -0.4 is 5.73 Å². The largest absolute Gasteiger partial charge is 0.399 e. The first-order valence-corrected chi connectivity index (χ1v) is 8.88. The van der Waals surface area contributed by atoms with Crippen LogP contribution >= 0.6 is 0 Å². The number of nitrogens with two attached hydrogens (primary N) is 1. The molecule has 0 saturated carbocycles. The Morgan fingerprint density at radius 3 is 2.16 bits per heavy atom. The summed E-state index contributed by atoms with van der Waals surface area (Å²) in [7, 11) is 0. The molecule has 1 amide bonds. The van der Waals surface area contributed by atoms with E-state index in [9.17, 15) is 4.79 Å². The predicted octanol–water partition coefficient (Wildman–Crippen LogP) is 2.89. The summed E-state index contributed by atoms with van der Waals surface area (Å²) in [4.78, 5) is 17.5. The molecule has 1 aliphatic heterocycles. The summed E-state index contributed by atoms with van der Waals surface area (Å²) in [6.45, 7) is 8.34. The number of anilines is 1. The molecule has 0 radical (unpaired) electrons. The second-order valence-corrected chi connectivity index (χ2v) is 7.30. The Hall–Kier alpha value is -2.33. The number of hydrogen-bond donors (Lipinski definition) is 1. The average Bonchev–Trinajstić information content (AvgIpc) is 2.63. The van der Waals surface area contributed by atoms with Gasteiger partial charge in [-0.05, 0) is 37.1 Å². The predicted molar refractivity (Wildman–Crippen MR) is 102 cm³/mol. The molecule has 1 aliphatic rings. The van der Waals surface area contributed by atoms with E-state index in [4.69, 9.17) is 5.73 Å². The first-order valence-electron chi connectivity index (χ1n) is 8.88. The lowest BCUT2D eigenvalue weighted by Gasteiger charge is -2.38. The fourth-order valence-corrected chi connectivity index (χ4v) is 3.37. The van der Waals surface area contributed by atoms with Crippen LogP contribution in [0.4, 0.5) is 5.69 Å². The lowest BCUT2D eigenvalue weighted by Crippen LogP contribution is -2.52. The zero-order valence-corrected chi connectivity index (χ0v) is 15.1. The van der Waals surface area contributed by atoms with Crippen LogP contribution in [0, 0.1) is 0 Å². The minimum atomic E-state index is -0.532. The minimum absolute atomic E-state index is 0.191. The highest BCUT2D eigenvalue weighted by atomic mass is 16.2. The van der Waals surface area contributed by atoms with E-state index in [-0.39, 0.29) is 5.91 Å². The van der Waals surface area contributed by atoms with Gasteiger partial charge >= 0.3 is 0 Å². The van der Waals surface area contributed by atoms with Crippen LogP contribution in [-0.4, -0.2) is 41.9 Å². The molecule has 2 aromatic rings. The Labute approximate surface area is 150 Å². The maximum atomic E-state index is 13.0. The van der Waals surface area contributed by atoms with Gasteiger partial charge in [0.05, 0.1) is 5.41 Å². The van der Waals surface area contributed by atoms with E-state index < -0.39 is 5.41 Å². The Balaban J connectivity index is 1.60. The SMILES string of the molecule is CC(C)(C(=O)N1CCN(Cc2ccccc2)CC1)c1ccc(N)cc1. The lowest BCUT2D eigenvalue weighted by molar-refractivity contribution is -0.138. The second kappa shape index (κ2) is 7.28. The van der Waals surface area contributed by atoms with Gasteiger partial charge in [0.15, 0.2) is 0 Å². The molecule has 4 nitrogen and oxygen atoms in total. The zero-order chi connectivity index (χ0) is 17.9. The Morgan fingerprint density at radius 1 is 0.960 bits per heavy atom. The van der Waals surface area contributed by atoms with E-state index in [1.54, 1.807) is 0 Å². The molecule has 0 spiro atoms. The summed E-state index contributed by atoms with van der Waals surface area (Å²) < 4.78 is 0. The molecule has 25 heavy (non-hydrogen) atoms. The van der Waals surface area contributed by atoms with Gasteiger partial charge in [-0.2, -0.15) is 0 Å². The number of amides is 1. The quantitative estimate of drug-likeness (QED) is 0.873. The lowest BCUT2D eigenvalue weighted by atomic mass is 9.83. The maximum Gasteiger partial charge on any atom is 0.232 e. The Morgan fingerprint density at radius 2 is 1.56 bits per heavy atom. The molecule has 0 aromatic heterocycles. The third kappa shape index (κ3) is 4.02. The molecule has 1 saturated heterocycles. The Kier molecular flexibility index (Phi) is 5.09. The smallest absolute Gasteiger partial charge is 0.232 e. The van der Waals surface area contributed by atoms with Crippen LogP contribution in [0.1, 0.15) is 25.0 Å². The highest BCUT2D eigenvalue weighted by molar-refractivity contribution is 5.87. The molecule has 0 aliphatic carbocycles. The highest BCUT2D eigenvalue weighted by Gasteiger charge is 2.35. The molecule has 1 heterocycles. The van der Waals surface area contributed by atoms with E-state index in [0.29, 0.717) is 0 Å². The molecule has 0 atom stereocenters. The van der Waals surface area contributed by atoms with Gasteiger partial charge in [0.25, 0.3) is 0 Å². The maximum absolute atomic E-state index is 13.0. The molecule has 0 bridgehead atoms. The van der Waals surface area contributed by atoms with Gasteiger partial charge in [0.1, 0.15) is 0 Å². The number of nitrogen functional groups attached to an aromatic ring is 1. The molecule has 2 N–H and O–H groups in total. The van der Waals surface area contributed by atoms with Gasteiger partial charge in [-0.1, -0.05) is 42.5 Å². The number of carbonyl (C=O) groups is 1. The monoisotopic (exact) mass is 337 g/mol. The second-order valence-electron chi connectivity index (χ2n) is 7.30. The van der Waals surface area contributed by atoms with Crippen molar-refractivity contribution < 1.29 is 4.79 Å². The van der Waals surface area contributed by atoms with E-state index in [0.717, 1.165) is 44.0 Å². The molecule has 1 fully saturated rings. The van der Waals surface area contributed by atoms with E-state index >= 15 is 0 Å². The average molecular weight is 337 g/mol. The van der Waals surface area contributed by atoms with Crippen molar-refractivity contribution >= 4 is 11.6 Å². The summed E-state index contributed by atoms with van der Waals surface area (Å²) in [5.41, 5.74) is 8.29. The first-order chi connectivity index (χ1) is 12.0. The fraction of sp³-hybridized carbons (Fsp3) is 0.381. The van der Waals surface area contributed by atoms with Crippen LogP contribution in [0.15, 0.2) is 54.6 Å². The summed E-state index contributed by atoms with van der Waals surface area (Å²) in [6, 6.07) is 18.1. The fourth-order valence-electron chi connectivity index (χ4n) is 3.37. The molecule has 3 rings (SSSR count). The van der Waals surface area contributed by atoms with Crippen molar-refractivity contribution in [1.29, 1.82) is 0 Å². The van der Waals surface area contributed by atoms with Crippen molar-refractivity contribution in [3.05, 3.63) is 65.7 Å². The van der Waals surface area contributed by atoms with Crippen molar-refractivity contribution in [3.8, 4) is 0 Å². The van der Waals surface area contributed by atoms with Gasteiger partial charge in [-0.3, -0.25) is 9.69 Å². The number of hydrogen-bond acceptors (Lipinski definition) is 3. The topological polar surface area (TPSA) is 49.6 Å². The minimum Gasteiger partial charge on any atom is -0.399 e. The zero-order valence-electron chi connectivity index (χ0n) is 15.1. The molecule has 4 heteroatoms. The number of rotatable bonds is 4. The molecule has 132 valence electrons. The highest BCUT2D eigenvalue weighted by Crippen LogP contribution is 2.27. The van der Waals surface area contributed by atoms with Crippen LogP contribution in [0.3, 0.4) is 0 Å². The van der Waals surface area contributed by atoms with Gasteiger partial charge in [0.2, 0.25) is 5.91 Å². The summed E-state index contributed by atoms with van der Waals surface area (Å²) >= 11 is 0. The molecular weight excluding hydrogens is 310 g/mol. The third-order valence-corrected chi connectivity index (χ3v) is 5.08. The van der Waals surface area contributed by atoms with Crippen LogP contribution in [0.25, 0.3) is 0 Å². The van der Waals surface area contributed by atoms with Gasteiger partial charge in [-0.15, -0.1) is 0 Å². The van der Waals surface area contributed by atoms with Crippen molar-refractivity contribution in [3.63, 3.8) is 0 Å². The van der Waals surface area contributed by atoms with E-state index in [1.165, 1.54) is 5.56 Å². The number of piperazine rings is 1. The van der Waals surface area contributed by atoms with Crippen LogP contribution in [0.2, 0.25) is 0 Å². The molecule has 2 aromatic carbocycles.